The molecule has 0 atom stereocenters. The second kappa shape index (κ2) is 5.13. The van der Waals surface area contributed by atoms with Crippen LogP contribution >= 0.6 is 0 Å². The van der Waals surface area contributed by atoms with Gasteiger partial charge in [-0.15, -0.1) is 0 Å². The molecule has 6 heteroatoms. The molecule has 0 aliphatic carbocycles. The first-order valence-electron chi connectivity index (χ1n) is 5.27. The van der Waals surface area contributed by atoms with E-state index >= 15 is 0 Å². The summed E-state index contributed by atoms with van der Waals surface area (Å²) >= 11 is 0. The van der Waals surface area contributed by atoms with Crippen molar-refractivity contribution < 1.29 is 9.53 Å². The summed E-state index contributed by atoms with van der Waals surface area (Å²) in [4.78, 5) is 11.2. The lowest BCUT2D eigenvalue weighted by molar-refractivity contribution is 0.0996. The SMILES string of the molecule is C=CCOc1ccccc1-c1n[nH]nc1C(N)=O. The summed E-state index contributed by atoms with van der Waals surface area (Å²) in [7, 11) is 0. The van der Waals surface area contributed by atoms with Crippen molar-refractivity contribution >= 4 is 5.91 Å². The first-order chi connectivity index (χ1) is 8.74. The van der Waals surface area contributed by atoms with Gasteiger partial charge in [0.15, 0.2) is 5.69 Å². The predicted molar refractivity (Wildman–Crippen MR) is 66.0 cm³/mol. The van der Waals surface area contributed by atoms with Crippen molar-refractivity contribution in [1.82, 2.24) is 15.4 Å². The van der Waals surface area contributed by atoms with Gasteiger partial charge in [-0.1, -0.05) is 24.8 Å². The third-order valence-corrected chi connectivity index (χ3v) is 2.28. The van der Waals surface area contributed by atoms with Gasteiger partial charge in [-0.3, -0.25) is 4.79 Å². The van der Waals surface area contributed by atoms with Crippen molar-refractivity contribution in [2.75, 3.05) is 6.61 Å². The van der Waals surface area contributed by atoms with Crippen molar-refractivity contribution in [2.24, 2.45) is 5.73 Å². The van der Waals surface area contributed by atoms with Gasteiger partial charge < -0.3 is 10.5 Å². The maximum absolute atomic E-state index is 11.2. The minimum atomic E-state index is -0.641. The number of benzene rings is 1. The molecule has 1 aromatic heterocycles. The molecule has 0 aliphatic heterocycles. The maximum Gasteiger partial charge on any atom is 0.271 e. The Morgan fingerprint density at radius 1 is 1.44 bits per heavy atom. The molecule has 0 bridgehead atoms. The highest BCUT2D eigenvalue weighted by molar-refractivity contribution is 5.97. The Hall–Kier alpha value is -2.63. The highest BCUT2D eigenvalue weighted by atomic mass is 16.5. The topological polar surface area (TPSA) is 93.9 Å². The van der Waals surface area contributed by atoms with Gasteiger partial charge in [-0.05, 0) is 12.1 Å². The number of aromatic amines is 1. The molecule has 0 unspecified atom stereocenters. The molecule has 0 saturated heterocycles. The lowest BCUT2D eigenvalue weighted by atomic mass is 10.1. The number of ether oxygens (including phenoxy) is 1. The summed E-state index contributed by atoms with van der Waals surface area (Å²) in [5, 5.41) is 10.0. The van der Waals surface area contributed by atoms with Gasteiger partial charge in [0.05, 0.1) is 0 Å². The maximum atomic E-state index is 11.2. The fourth-order valence-corrected chi connectivity index (χ4v) is 1.53. The van der Waals surface area contributed by atoms with Crippen LogP contribution in [0.3, 0.4) is 0 Å². The van der Waals surface area contributed by atoms with E-state index in [4.69, 9.17) is 10.5 Å². The Bertz CT molecular complexity index is 577. The number of aromatic nitrogens is 3. The average molecular weight is 244 g/mol. The fraction of sp³-hybridized carbons (Fsp3) is 0.0833. The molecule has 92 valence electrons. The molecule has 2 rings (SSSR count). The average Bonchev–Trinajstić information content (AvgIpc) is 2.86. The highest BCUT2D eigenvalue weighted by Gasteiger charge is 2.18. The number of hydrogen-bond donors (Lipinski definition) is 2. The molecule has 0 aliphatic rings. The minimum Gasteiger partial charge on any atom is -0.489 e. The summed E-state index contributed by atoms with van der Waals surface area (Å²) in [6, 6.07) is 7.20. The fourth-order valence-electron chi connectivity index (χ4n) is 1.53. The lowest BCUT2D eigenvalue weighted by Gasteiger charge is -2.08. The molecule has 6 nitrogen and oxygen atoms in total. The van der Waals surface area contributed by atoms with E-state index < -0.39 is 5.91 Å². The number of H-pyrrole nitrogens is 1. The minimum absolute atomic E-state index is 0.0876. The number of nitrogens with two attached hydrogens (primary N) is 1. The van der Waals surface area contributed by atoms with E-state index in [0.29, 0.717) is 23.6 Å². The van der Waals surface area contributed by atoms with E-state index in [2.05, 4.69) is 22.0 Å². The number of amides is 1. The first kappa shape index (κ1) is 11.8. The third kappa shape index (κ3) is 2.22. The number of primary amides is 1. The van der Waals surface area contributed by atoms with Gasteiger partial charge in [0, 0.05) is 5.56 Å². The summed E-state index contributed by atoms with van der Waals surface area (Å²) in [6.45, 7) is 3.94. The molecule has 0 saturated carbocycles. The van der Waals surface area contributed by atoms with Crippen LogP contribution in [-0.4, -0.2) is 27.9 Å². The molecule has 2 aromatic rings. The summed E-state index contributed by atoms with van der Waals surface area (Å²) in [5.74, 6) is -0.0499. The molecule has 1 heterocycles. The number of para-hydroxylation sites is 1. The first-order valence-corrected chi connectivity index (χ1v) is 5.27. The van der Waals surface area contributed by atoms with Gasteiger partial charge in [0.2, 0.25) is 0 Å². The van der Waals surface area contributed by atoms with Crippen LogP contribution in [-0.2, 0) is 0 Å². The van der Waals surface area contributed by atoms with E-state index in [9.17, 15) is 4.79 Å². The quantitative estimate of drug-likeness (QED) is 0.771. The number of carbonyl (C=O) groups is 1. The van der Waals surface area contributed by atoms with E-state index in [0.717, 1.165) is 0 Å². The summed E-state index contributed by atoms with van der Waals surface area (Å²) in [5.41, 5.74) is 6.35. The Labute approximate surface area is 103 Å². The molecule has 0 spiro atoms. The summed E-state index contributed by atoms with van der Waals surface area (Å²) in [6.07, 6.45) is 1.63. The van der Waals surface area contributed by atoms with Gasteiger partial charge >= 0.3 is 0 Å². The third-order valence-electron chi connectivity index (χ3n) is 2.28. The Morgan fingerprint density at radius 2 is 2.22 bits per heavy atom. The van der Waals surface area contributed by atoms with E-state index in [1.54, 1.807) is 18.2 Å². The van der Waals surface area contributed by atoms with E-state index in [1.807, 2.05) is 12.1 Å². The van der Waals surface area contributed by atoms with Crippen molar-refractivity contribution in [3.63, 3.8) is 0 Å². The highest BCUT2D eigenvalue weighted by Crippen LogP contribution is 2.29. The van der Waals surface area contributed by atoms with Crippen LogP contribution in [0.25, 0.3) is 11.3 Å². The van der Waals surface area contributed by atoms with Crippen LogP contribution in [0, 0.1) is 0 Å². The predicted octanol–water partition coefficient (Wildman–Crippen LogP) is 1.14. The van der Waals surface area contributed by atoms with Crippen LogP contribution in [0.4, 0.5) is 0 Å². The van der Waals surface area contributed by atoms with Gasteiger partial charge in [-0.25, -0.2) is 0 Å². The Balaban J connectivity index is 2.46. The molecule has 0 radical (unpaired) electrons. The van der Waals surface area contributed by atoms with Gasteiger partial charge in [0.1, 0.15) is 18.1 Å². The van der Waals surface area contributed by atoms with Gasteiger partial charge in [0.25, 0.3) is 5.91 Å². The summed E-state index contributed by atoms with van der Waals surface area (Å²) < 4.78 is 5.49. The van der Waals surface area contributed by atoms with Crippen LogP contribution in [0.1, 0.15) is 10.5 Å². The van der Waals surface area contributed by atoms with Crippen molar-refractivity contribution in [3.8, 4) is 17.0 Å². The largest absolute Gasteiger partial charge is 0.489 e. The number of rotatable bonds is 5. The molecule has 3 N–H and O–H groups in total. The zero-order valence-corrected chi connectivity index (χ0v) is 9.59. The van der Waals surface area contributed by atoms with E-state index in [1.165, 1.54) is 0 Å². The zero-order valence-electron chi connectivity index (χ0n) is 9.59. The van der Waals surface area contributed by atoms with Crippen LogP contribution in [0.15, 0.2) is 36.9 Å². The molecule has 1 aromatic carbocycles. The number of nitrogens with zero attached hydrogens (tertiary/aromatic N) is 2. The van der Waals surface area contributed by atoms with Crippen molar-refractivity contribution in [1.29, 1.82) is 0 Å². The zero-order chi connectivity index (χ0) is 13.0. The normalized spacial score (nSPS) is 10.0. The van der Waals surface area contributed by atoms with Crippen LogP contribution < -0.4 is 10.5 Å². The lowest BCUT2D eigenvalue weighted by Crippen LogP contribution is -2.13. The Kier molecular flexibility index (Phi) is 3.38. The second-order valence-corrected chi connectivity index (χ2v) is 3.48. The number of carbonyl (C=O) groups excluding carboxylic acids is 1. The Morgan fingerprint density at radius 3 is 2.94 bits per heavy atom. The van der Waals surface area contributed by atoms with Crippen molar-refractivity contribution in [3.05, 3.63) is 42.6 Å². The van der Waals surface area contributed by atoms with E-state index in [-0.39, 0.29) is 5.69 Å². The molecular formula is C12H12N4O2. The number of nitrogens with one attached hydrogen (secondary N) is 1. The number of hydrogen-bond acceptors (Lipinski definition) is 4. The second-order valence-electron chi connectivity index (χ2n) is 3.48. The molecule has 1 amide bonds. The van der Waals surface area contributed by atoms with Crippen LogP contribution in [0.5, 0.6) is 5.75 Å². The van der Waals surface area contributed by atoms with Gasteiger partial charge in [-0.2, -0.15) is 15.4 Å². The molecule has 0 fully saturated rings. The standard InChI is InChI=1S/C12H12N4O2/c1-2-7-18-9-6-4-3-5-8(9)10-11(12(13)17)15-16-14-10/h2-6H,1,7H2,(H2,13,17)(H,14,15,16). The molecular weight excluding hydrogens is 232 g/mol. The van der Waals surface area contributed by atoms with Crippen LogP contribution in [0.2, 0.25) is 0 Å². The van der Waals surface area contributed by atoms with Crippen molar-refractivity contribution in [2.45, 2.75) is 0 Å². The smallest absolute Gasteiger partial charge is 0.271 e. The molecule has 18 heavy (non-hydrogen) atoms. The monoisotopic (exact) mass is 244 g/mol.